The lowest BCUT2D eigenvalue weighted by molar-refractivity contribution is 0.0398. The minimum Gasteiger partial charge on any atom is -0.383 e. The molecule has 1 aromatic heterocycles. The van der Waals surface area contributed by atoms with Crippen LogP contribution in [-0.2, 0) is 4.74 Å². The smallest absolute Gasteiger partial charge is 0.270 e. The van der Waals surface area contributed by atoms with Gasteiger partial charge in [0.1, 0.15) is 5.69 Å². The van der Waals surface area contributed by atoms with E-state index in [1.165, 1.54) is 0 Å². The summed E-state index contributed by atoms with van der Waals surface area (Å²) in [6.45, 7) is 9.51. The summed E-state index contributed by atoms with van der Waals surface area (Å²) in [4.78, 5) is 18.5. The van der Waals surface area contributed by atoms with E-state index in [4.69, 9.17) is 4.74 Å². The van der Waals surface area contributed by atoms with Gasteiger partial charge in [0, 0.05) is 32.2 Å². The SMILES string of the molecule is CCC(C)NC(=O)c1ccc(NCCN2CCOCC2)cn1. The fraction of sp³-hybridized carbons (Fsp3) is 0.625. The lowest BCUT2D eigenvalue weighted by Crippen LogP contribution is -2.39. The summed E-state index contributed by atoms with van der Waals surface area (Å²) in [6.07, 6.45) is 2.62. The van der Waals surface area contributed by atoms with Gasteiger partial charge in [0.2, 0.25) is 0 Å². The van der Waals surface area contributed by atoms with Crippen molar-refractivity contribution in [1.82, 2.24) is 15.2 Å². The van der Waals surface area contributed by atoms with E-state index in [1.54, 1.807) is 12.3 Å². The largest absolute Gasteiger partial charge is 0.383 e. The van der Waals surface area contributed by atoms with Crippen LogP contribution in [0.1, 0.15) is 30.8 Å². The predicted molar refractivity (Wildman–Crippen MR) is 87.2 cm³/mol. The molecule has 6 heteroatoms. The van der Waals surface area contributed by atoms with Gasteiger partial charge in [0.05, 0.1) is 25.1 Å². The highest BCUT2D eigenvalue weighted by Crippen LogP contribution is 2.07. The van der Waals surface area contributed by atoms with Gasteiger partial charge in [0.25, 0.3) is 5.91 Å². The third-order valence-corrected chi connectivity index (χ3v) is 3.85. The molecule has 122 valence electrons. The summed E-state index contributed by atoms with van der Waals surface area (Å²) < 4.78 is 5.33. The van der Waals surface area contributed by atoms with Crippen molar-refractivity contribution in [2.24, 2.45) is 0 Å². The number of morpholine rings is 1. The van der Waals surface area contributed by atoms with Crippen molar-refractivity contribution in [3.05, 3.63) is 24.0 Å². The van der Waals surface area contributed by atoms with Crippen LogP contribution in [0.15, 0.2) is 18.3 Å². The first-order valence-corrected chi connectivity index (χ1v) is 8.00. The Morgan fingerprint density at radius 2 is 2.18 bits per heavy atom. The van der Waals surface area contributed by atoms with Gasteiger partial charge in [-0.05, 0) is 25.5 Å². The van der Waals surface area contributed by atoms with Gasteiger partial charge in [-0.15, -0.1) is 0 Å². The van der Waals surface area contributed by atoms with Crippen LogP contribution in [-0.4, -0.2) is 61.2 Å². The number of carbonyl (C=O) groups is 1. The molecule has 1 aliphatic rings. The van der Waals surface area contributed by atoms with Gasteiger partial charge >= 0.3 is 0 Å². The van der Waals surface area contributed by atoms with Gasteiger partial charge in [0.15, 0.2) is 0 Å². The highest BCUT2D eigenvalue weighted by molar-refractivity contribution is 5.92. The molecule has 0 spiro atoms. The first kappa shape index (κ1) is 16.7. The molecule has 22 heavy (non-hydrogen) atoms. The van der Waals surface area contributed by atoms with Gasteiger partial charge in [-0.3, -0.25) is 9.69 Å². The number of pyridine rings is 1. The number of hydrogen-bond donors (Lipinski definition) is 2. The van der Waals surface area contributed by atoms with Crippen LogP contribution in [0.25, 0.3) is 0 Å². The van der Waals surface area contributed by atoms with E-state index in [2.05, 4.69) is 20.5 Å². The van der Waals surface area contributed by atoms with Crippen LogP contribution in [0.3, 0.4) is 0 Å². The molecule has 6 nitrogen and oxygen atoms in total. The van der Waals surface area contributed by atoms with Gasteiger partial charge in [-0.2, -0.15) is 0 Å². The van der Waals surface area contributed by atoms with E-state index >= 15 is 0 Å². The Morgan fingerprint density at radius 3 is 2.82 bits per heavy atom. The minimum absolute atomic E-state index is 0.116. The molecular weight excluding hydrogens is 280 g/mol. The molecule has 1 aliphatic heterocycles. The maximum Gasteiger partial charge on any atom is 0.270 e. The molecule has 0 aliphatic carbocycles. The van der Waals surface area contributed by atoms with Crippen molar-refractivity contribution in [3.63, 3.8) is 0 Å². The van der Waals surface area contributed by atoms with E-state index in [0.717, 1.165) is 51.5 Å². The average Bonchev–Trinajstić information content (AvgIpc) is 2.56. The lowest BCUT2D eigenvalue weighted by Gasteiger charge is -2.26. The maximum absolute atomic E-state index is 11.9. The average molecular weight is 306 g/mol. The highest BCUT2D eigenvalue weighted by atomic mass is 16.5. The number of amides is 1. The molecule has 2 rings (SSSR count). The lowest BCUT2D eigenvalue weighted by atomic mass is 10.2. The number of anilines is 1. The third kappa shape index (κ3) is 5.27. The van der Waals surface area contributed by atoms with E-state index in [9.17, 15) is 4.79 Å². The molecule has 2 N–H and O–H groups in total. The Hall–Kier alpha value is -1.66. The zero-order valence-electron chi connectivity index (χ0n) is 13.5. The second-order valence-corrected chi connectivity index (χ2v) is 5.60. The first-order chi connectivity index (χ1) is 10.7. The summed E-state index contributed by atoms with van der Waals surface area (Å²) in [5.74, 6) is -0.116. The Morgan fingerprint density at radius 1 is 1.41 bits per heavy atom. The zero-order chi connectivity index (χ0) is 15.8. The van der Waals surface area contributed by atoms with Crippen LogP contribution in [0.2, 0.25) is 0 Å². The Bertz CT molecular complexity index is 458. The molecule has 1 amide bonds. The number of carbonyl (C=O) groups excluding carboxylic acids is 1. The number of aromatic nitrogens is 1. The van der Waals surface area contributed by atoms with Crippen LogP contribution in [0.5, 0.6) is 0 Å². The van der Waals surface area contributed by atoms with Gasteiger partial charge in [-0.25, -0.2) is 4.98 Å². The molecular formula is C16H26N4O2. The number of hydrogen-bond acceptors (Lipinski definition) is 5. The van der Waals surface area contributed by atoms with Crippen LogP contribution >= 0.6 is 0 Å². The number of ether oxygens (including phenoxy) is 1. The topological polar surface area (TPSA) is 66.5 Å². The standard InChI is InChI=1S/C16H26N4O2/c1-3-13(2)19-16(21)15-5-4-14(12-18-15)17-6-7-20-8-10-22-11-9-20/h4-5,12-13,17H,3,6-11H2,1-2H3,(H,19,21). The molecule has 0 radical (unpaired) electrons. The molecule has 2 heterocycles. The Balaban J connectivity index is 1.75. The van der Waals surface area contributed by atoms with Crippen LogP contribution in [0, 0.1) is 0 Å². The van der Waals surface area contributed by atoms with Crippen LogP contribution < -0.4 is 10.6 Å². The van der Waals surface area contributed by atoms with E-state index in [-0.39, 0.29) is 11.9 Å². The molecule has 0 aromatic carbocycles. The first-order valence-electron chi connectivity index (χ1n) is 8.00. The molecule has 1 saturated heterocycles. The van der Waals surface area contributed by atoms with Crippen molar-refractivity contribution in [1.29, 1.82) is 0 Å². The van der Waals surface area contributed by atoms with E-state index in [1.807, 2.05) is 19.9 Å². The zero-order valence-corrected chi connectivity index (χ0v) is 13.5. The van der Waals surface area contributed by atoms with Crippen molar-refractivity contribution in [2.45, 2.75) is 26.3 Å². The summed E-state index contributed by atoms with van der Waals surface area (Å²) >= 11 is 0. The molecule has 1 unspecified atom stereocenters. The summed E-state index contributed by atoms with van der Waals surface area (Å²) in [6, 6.07) is 3.83. The summed E-state index contributed by atoms with van der Waals surface area (Å²) in [5, 5.41) is 6.24. The third-order valence-electron chi connectivity index (χ3n) is 3.85. The maximum atomic E-state index is 11.9. The van der Waals surface area contributed by atoms with Crippen molar-refractivity contribution >= 4 is 11.6 Å². The summed E-state index contributed by atoms with van der Waals surface area (Å²) in [7, 11) is 0. The van der Waals surface area contributed by atoms with Crippen molar-refractivity contribution in [3.8, 4) is 0 Å². The van der Waals surface area contributed by atoms with Crippen LogP contribution in [0.4, 0.5) is 5.69 Å². The van der Waals surface area contributed by atoms with Crippen molar-refractivity contribution < 1.29 is 9.53 Å². The second kappa shape index (κ2) is 8.70. The number of nitrogens with one attached hydrogen (secondary N) is 2. The highest BCUT2D eigenvalue weighted by Gasteiger charge is 2.11. The molecule has 1 atom stereocenters. The fourth-order valence-electron chi connectivity index (χ4n) is 2.22. The predicted octanol–water partition coefficient (Wildman–Crippen LogP) is 1.35. The molecule has 1 aromatic rings. The fourth-order valence-corrected chi connectivity index (χ4v) is 2.22. The van der Waals surface area contributed by atoms with E-state index < -0.39 is 0 Å². The monoisotopic (exact) mass is 306 g/mol. The second-order valence-electron chi connectivity index (χ2n) is 5.60. The normalized spacial score (nSPS) is 17.0. The number of nitrogens with zero attached hydrogens (tertiary/aromatic N) is 2. The molecule has 0 saturated carbocycles. The van der Waals surface area contributed by atoms with Gasteiger partial charge < -0.3 is 15.4 Å². The molecule has 1 fully saturated rings. The number of rotatable bonds is 7. The minimum atomic E-state index is -0.116. The Labute approximate surface area is 132 Å². The quantitative estimate of drug-likeness (QED) is 0.796. The Kier molecular flexibility index (Phi) is 6.61. The summed E-state index contributed by atoms with van der Waals surface area (Å²) in [5.41, 5.74) is 1.40. The van der Waals surface area contributed by atoms with Gasteiger partial charge in [-0.1, -0.05) is 6.92 Å². The molecule has 0 bridgehead atoms. The van der Waals surface area contributed by atoms with E-state index in [0.29, 0.717) is 5.69 Å². The van der Waals surface area contributed by atoms with Crippen molar-refractivity contribution in [2.75, 3.05) is 44.7 Å².